The SMILES string of the molecule is Cc1ccc(CSC(COc2ccc(C(C)(C)C)cc2)Cn2ccnc2)cc1.O=C(O)C(=O)O. The quantitative estimate of drug-likeness (QED) is 0.433. The molecular weight excluding hydrogens is 452 g/mol. The number of ether oxygens (including phenoxy) is 1. The summed E-state index contributed by atoms with van der Waals surface area (Å²) >= 11 is 1.93. The molecule has 7 nitrogen and oxygen atoms in total. The molecule has 1 atom stereocenters. The Morgan fingerprint density at radius 3 is 2.15 bits per heavy atom. The first-order chi connectivity index (χ1) is 16.0. The topological polar surface area (TPSA) is 102 Å². The van der Waals surface area contributed by atoms with Crippen molar-refractivity contribution in [2.45, 2.75) is 50.7 Å². The predicted octanol–water partition coefficient (Wildman–Crippen LogP) is 5.03. The molecule has 3 aromatic rings. The van der Waals surface area contributed by atoms with Crippen molar-refractivity contribution in [1.82, 2.24) is 9.55 Å². The first kappa shape index (κ1) is 27.0. The van der Waals surface area contributed by atoms with E-state index in [4.69, 9.17) is 24.5 Å². The number of aliphatic carboxylic acids is 2. The summed E-state index contributed by atoms with van der Waals surface area (Å²) in [6, 6.07) is 17.3. The molecule has 1 heterocycles. The van der Waals surface area contributed by atoms with Crippen LogP contribution >= 0.6 is 11.8 Å². The van der Waals surface area contributed by atoms with Crippen molar-refractivity contribution in [3.8, 4) is 5.75 Å². The molecule has 3 rings (SSSR count). The van der Waals surface area contributed by atoms with Crippen LogP contribution < -0.4 is 4.74 Å². The zero-order valence-electron chi connectivity index (χ0n) is 20.0. The summed E-state index contributed by atoms with van der Waals surface area (Å²) < 4.78 is 8.26. The summed E-state index contributed by atoms with van der Waals surface area (Å²) in [5, 5.41) is 15.1. The van der Waals surface area contributed by atoms with Gasteiger partial charge in [0.1, 0.15) is 12.4 Å². The van der Waals surface area contributed by atoms with Crippen molar-refractivity contribution in [2.75, 3.05) is 6.61 Å². The molecule has 0 amide bonds. The third-order valence-electron chi connectivity index (χ3n) is 4.92. The fraction of sp³-hybridized carbons (Fsp3) is 0.346. The van der Waals surface area contributed by atoms with Gasteiger partial charge in [0.25, 0.3) is 0 Å². The molecule has 0 fully saturated rings. The molecule has 2 aromatic carbocycles. The maximum absolute atomic E-state index is 9.10. The molecule has 2 N–H and O–H groups in total. The van der Waals surface area contributed by atoms with E-state index in [1.807, 2.05) is 30.5 Å². The molecule has 34 heavy (non-hydrogen) atoms. The lowest BCUT2D eigenvalue weighted by atomic mass is 9.87. The van der Waals surface area contributed by atoms with Gasteiger partial charge in [0, 0.05) is 24.7 Å². The van der Waals surface area contributed by atoms with Crippen molar-refractivity contribution >= 4 is 23.7 Å². The van der Waals surface area contributed by atoms with Crippen LogP contribution in [0.3, 0.4) is 0 Å². The number of thioether (sulfide) groups is 1. The van der Waals surface area contributed by atoms with Gasteiger partial charge in [-0.05, 0) is 35.6 Å². The molecule has 1 aromatic heterocycles. The molecule has 0 radical (unpaired) electrons. The van der Waals surface area contributed by atoms with E-state index in [9.17, 15) is 0 Å². The normalized spacial score (nSPS) is 11.8. The largest absolute Gasteiger partial charge is 0.492 e. The monoisotopic (exact) mass is 484 g/mol. The van der Waals surface area contributed by atoms with Crippen LogP contribution in [0.1, 0.15) is 37.5 Å². The van der Waals surface area contributed by atoms with Crippen LogP contribution in [0.25, 0.3) is 0 Å². The molecule has 0 bridgehead atoms. The summed E-state index contributed by atoms with van der Waals surface area (Å²) in [7, 11) is 0. The number of carbonyl (C=O) groups is 2. The Hall–Kier alpha value is -3.26. The minimum atomic E-state index is -1.82. The van der Waals surface area contributed by atoms with Gasteiger partial charge in [0.15, 0.2) is 0 Å². The average Bonchev–Trinajstić information content (AvgIpc) is 3.30. The summed E-state index contributed by atoms with van der Waals surface area (Å²) in [6.07, 6.45) is 5.71. The van der Waals surface area contributed by atoms with E-state index in [0.29, 0.717) is 11.9 Å². The van der Waals surface area contributed by atoms with Crippen molar-refractivity contribution in [2.24, 2.45) is 0 Å². The molecular formula is C26H32N2O5S. The van der Waals surface area contributed by atoms with Gasteiger partial charge < -0.3 is 19.5 Å². The van der Waals surface area contributed by atoms with Crippen LogP contribution in [0, 0.1) is 6.92 Å². The number of aromatic nitrogens is 2. The molecule has 182 valence electrons. The van der Waals surface area contributed by atoms with Crippen LogP contribution in [0.5, 0.6) is 5.75 Å². The Bertz CT molecular complexity index is 1010. The van der Waals surface area contributed by atoms with Crippen molar-refractivity contribution < 1.29 is 24.5 Å². The van der Waals surface area contributed by atoms with Gasteiger partial charge in [-0.25, -0.2) is 14.6 Å². The molecule has 0 aliphatic rings. The van der Waals surface area contributed by atoms with Gasteiger partial charge in [-0.3, -0.25) is 0 Å². The minimum Gasteiger partial charge on any atom is -0.492 e. The van der Waals surface area contributed by atoms with E-state index in [2.05, 4.69) is 85.8 Å². The molecule has 0 spiro atoms. The highest BCUT2D eigenvalue weighted by Crippen LogP contribution is 2.25. The van der Waals surface area contributed by atoms with E-state index in [1.165, 1.54) is 16.7 Å². The fourth-order valence-electron chi connectivity index (χ4n) is 2.92. The van der Waals surface area contributed by atoms with Crippen molar-refractivity contribution in [3.05, 3.63) is 83.9 Å². The van der Waals surface area contributed by atoms with E-state index in [-0.39, 0.29) is 5.41 Å². The molecule has 1 unspecified atom stereocenters. The van der Waals surface area contributed by atoms with E-state index < -0.39 is 11.9 Å². The Kier molecular flexibility index (Phi) is 10.2. The Balaban J connectivity index is 0.000000604. The number of hydrogen-bond donors (Lipinski definition) is 2. The highest BCUT2D eigenvalue weighted by atomic mass is 32.2. The third-order valence-corrected chi connectivity index (χ3v) is 6.18. The van der Waals surface area contributed by atoms with Crippen LogP contribution in [0.2, 0.25) is 0 Å². The molecule has 8 heteroatoms. The number of benzene rings is 2. The maximum Gasteiger partial charge on any atom is 0.414 e. The first-order valence-electron chi connectivity index (χ1n) is 10.9. The lowest BCUT2D eigenvalue weighted by Crippen LogP contribution is -2.21. The second-order valence-corrected chi connectivity index (χ2v) is 10.2. The van der Waals surface area contributed by atoms with Crippen LogP contribution in [-0.2, 0) is 27.3 Å². The minimum absolute atomic E-state index is 0.159. The Labute approximate surface area is 204 Å². The number of hydrogen-bond acceptors (Lipinski definition) is 5. The molecule has 0 saturated carbocycles. The molecule has 0 aliphatic heterocycles. The van der Waals surface area contributed by atoms with Crippen molar-refractivity contribution in [3.63, 3.8) is 0 Å². The molecule has 0 aliphatic carbocycles. The number of imidazole rings is 1. The van der Waals surface area contributed by atoms with Gasteiger partial charge in [-0.2, -0.15) is 0 Å². The smallest absolute Gasteiger partial charge is 0.414 e. The van der Waals surface area contributed by atoms with Gasteiger partial charge >= 0.3 is 11.9 Å². The zero-order chi connectivity index (χ0) is 25.1. The van der Waals surface area contributed by atoms with Gasteiger partial charge in [-0.15, -0.1) is 11.8 Å². The van der Waals surface area contributed by atoms with Crippen LogP contribution in [-0.4, -0.2) is 43.6 Å². The summed E-state index contributed by atoms with van der Waals surface area (Å²) in [6.45, 7) is 10.4. The second-order valence-electron chi connectivity index (χ2n) is 8.87. The zero-order valence-corrected chi connectivity index (χ0v) is 20.8. The summed E-state index contributed by atoms with van der Waals surface area (Å²) in [4.78, 5) is 22.4. The second kappa shape index (κ2) is 12.8. The van der Waals surface area contributed by atoms with Gasteiger partial charge in [0.2, 0.25) is 0 Å². The third kappa shape index (κ3) is 9.70. The van der Waals surface area contributed by atoms with E-state index in [1.54, 1.807) is 0 Å². The highest BCUT2D eigenvalue weighted by Gasteiger charge is 2.15. The number of carboxylic acid groups (broad SMARTS) is 2. The summed E-state index contributed by atoms with van der Waals surface area (Å²) in [5.74, 6) is -1.74. The predicted molar refractivity (Wildman–Crippen MR) is 134 cm³/mol. The van der Waals surface area contributed by atoms with Crippen LogP contribution in [0.15, 0.2) is 67.3 Å². The standard InChI is InChI=1S/C24H30N2OS.C2H2O4/c1-19-5-7-20(8-6-19)17-28-23(15-26-14-13-25-18-26)16-27-22-11-9-21(10-12-22)24(2,3)4;3-1(4)2(5)6/h5-14,18,23H,15-17H2,1-4H3;(H,3,4)(H,5,6). The summed E-state index contributed by atoms with van der Waals surface area (Å²) in [5.41, 5.74) is 4.13. The first-order valence-corrected chi connectivity index (χ1v) is 11.9. The van der Waals surface area contributed by atoms with Gasteiger partial charge in [-0.1, -0.05) is 62.7 Å². The number of rotatable bonds is 8. The fourth-order valence-corrected chi connectivity index (χ4v) is 3.98. The van der Waals surface area contributed by atoms with Crippen molar-refractivity contribution in [1.29, 1.82) is 0 Å². The Morgan fingerprint density at radius 1 is 1.03 bits per heavy atom. The number of nitrogens with zero attached hydrogens (tertiary/aromatic N) is 2. The van der Waals surface area contributed by atoms with E-state index >= 15 is 0 Å². The average molecular weight is 485 g/mol. The maximum atomic E-state index is 9.10. The lowest BCUT2D eigenvalue weighted by molar-refractivity contribution is -0.159. The lowest BCUT2D eigenvalue weighted by Gasteiger charge is -2.20. The van der Waals surface area contributed by atoms with Gasteiger partial charge in [0.05, 0.1) is 11.6 Å². The number of aryl methyl sites for hydroxylation is 1. The molecule has 0 saturated heterocycles. The van der Waals surface area contributed by atoms with Crippen LogP contribution in [0.4, 0.5) is 0 Å². The Morgan fingerprint density at radius 2 is 1.65 bits per heavy atom. The highest BCUT2D eigenvalue weighted by molar-refractivity contribution is 7.99. The number of carboxylic acids is 2. The van der Waals surface area contributed by atoms with E-state index in [0.717, 1.165) is 18.0 Å².